The van der Waals surface area contributed by atoms with Crippen molar-refractivity contribution in [2.75, 3.05) is 0 Å². The average Bonchev–Trinajstić information content (AvgIpc) is 3.18. The molecular formula is C15H20N4O2S. The van der Waals surface area contributed by atoms with Gasteiger partial charge in [-0.2, -0.15) is 16.3 Å². The molecule has 2 aromatic rings. The molecule has 2 heterocycles. The zero-order valence-corrected chi connectivity index (χ0v) is 13.1. The first-order valence-electron chi connectivity index (χ1n) is 7.61. The summed E-state index contributed by atoms with van der Waals surface area (Å²) in [7, 11) is 0. The lowest BCUT2D eigenvalue weighted by molar-refractivity contribution is -0.122. The van der Waals surface area contributed by atoms with Crippen LogP contribution >= 0.6 is 11.3 Å². The second-order valence-electron chi connectivity index (χ2n) is 5.70. The maximum Gasteiger partial charge on any atom is 0.227 e. The number of nitrogens with zero attached hydrogens (tertiary/aromatic N) is 2. The zero-order valence-electron chi connectivity index (χ0n) is 12.3. The summed E-state index contributed by atoms with van der Waals surface area (Å²) in [6, 6.07) is 2.50. The standard InChI is InChI=1S/C15H20N4O2S/c16-11-1-3-12(4-2-11)17-13(20)5-6-14-18-15(19-21-14)10-7-8-22-9-10/h7-9,11-12H,1-6,16H2,(H,17,20). The zero-order chi connectivity index (χ0) is 15.4. The summed E-state index contributed by atoms with van der Waals surface area (Å²) in [6.45, 7) is 0. The molecule has 7 heteroatoms. The number of rotatable bonds is 5. The predicted molar refractivity (Wildman–Crippen MR) is 84.3 cm³/mol. The SMILES string of the molecule is NC1CCC(NC(=O)CCc2nc(-c3ccsc3)no2)CC1. The number of hydrogen-bond donors (Lipinski definition) is 2. The number of aryl methyl sites for hydroxylation is 1. The van der Waals surface area contributed by atoms with Gasteiger partial charge in [0.1, 0.15) is 0 Å². The highest BCUT2D eigenvalue weighted by atomic mass is 32.1. The second kappa shape index (κ2) is 7.02. The highest BCUT2D eigenvalue weighted by molar-refractivity contribution is 7.08. The Kier molecular flexibility index (Phi) is 4.84. The molecule has 1 amide bonds. The van der Waals surface area contributed by atoms with Crippen molar-refractivity contribution < 1.29 is 9.32 Å². The van der Waals surface area contributed by atoms with Gasteiger partial charge in [-0.25, -0.2) is 0 Å². The molecule has 118 valence electrons. The number of carbonyl (C=O) groups excluding carboxylic acids is 1. The Morgan fingerprint density at radius 3 is 2.95 bits per heavy atom. The fraction of sp³-hybridized carbons (Fsp3) is 0.533. The molecule has 1 aliphatic rings. The Morgan fingerprint density at radius 2 is 2.23 bits per heavy atom. The lowest BCUT2D eigenvalue weighted by Crippen LogP contribution is -2.40. The Labute approximate surface area is 133 Å². The van der Waals surface area contributed by atoms with E-state index in [2.05, 4.69) is 15.5 Å². The number of amides is 1. The van der Waals surface area contributed by atoms with Gasteiger partial charge in [-0.15, -0.1) is 0 Å². The van der Waals surface area contributed by atoms with Gasteiger partial charge >= 0.3 is 0 Å². The molecule has 0 aliphatic heterocycles. The number of aromatic nitrogens is 2. The van der Waals surface area contributed by atoms with E-state index in [0.717, 1.165) is 31.2 Å². The summed E-state index contributed by atoms with van der Waals surface area (Å²) >= 11 is 1.59. The van der Waals surface area contributed by atoms with E-state index in [1.54, 1.807) is 11.3 Å². The summed E-state index contributed by atoms with van der Waals surface area (Å²) < 4.78 is 5.19. The second-order valence-corrected chi connectivity index (χ2v) is 6.48. The molecular weight excluding hydrogens is 300 g/mol. The van der Waals surface area contributed by atoms with Crippen LogP contribution in [-0.2, 0) is 11.2 Å². The molecule has 0 unspecified atom stereocenters. The van der Waals surface area contributed by atoms with Crippen molar-refractivity contribution in [2.45, 2.75) is 50.6 Å². The maximum atomic E-state index is 12.0. The van der Waals surface area contributed by atoms with E-state index in [1.807, 2.05) is 16.8 Å². The molecule has 6 nitrogen and oxygen atoms in total. The van der Waals surface area contributed by atoms with Crippen LogP contribution in [0.2, 0.25) is 0 Å². The van der Waals surface area contributed by atoms with Crippen LogP contribution in [0.5, 0.6) is 0 Å². The van der Waals surface area contributed by atoms with Gasteiger partial charge < -0.3 is 15.6 Å². The largest absolute Gasteiger partial charge is 0.353 e. The van der Waals surface area contributed by atoms with Gasteiger partial charge in [0.15, 0.2) is 0 Å². The van der Waals surface area contributed by atoms with Crippen LogP contribution in [0.25, 0.3) is 11.4 Å². The van der Waals surface area contributed by atoms with Crippen molar-refractivity contribution in [3.05, 3.63) is 22.7 Å². The molecule has 0 aromatic carbocycles. The first-order valence-corrected chi connectivity index (χ1v) is 8.55. The molecule has 1 aliphatic carbocycles. The number of carbonyl (C=O) groups is 1. The van der Waals surface area contributed by atoms with Gasteiger partial charge in [0.05, 0.1) is 0 Å². The van der Waals surface area contributed by atoms with Crippen LogP contribution < -0.4 is 11.1 Å². The van der Waals surface area contributed by atoms with Crippen molar-refractivity contribution in [1.29, 1.82) is 0 Å². The lowest BCUT2D eigenvalue weighted by Gasteiger charge is -2.26. The number of nitrogens with two attached hydrogens (primary N) is 1. The van der Waals surface area contributed by atoms with Gasteiger partial charge in [0.2, 0.25) is 17.6 Å². The summed E-state index contributed by atoms with van der Waals surface area (Å²) in [5, 5.41) is 10.9. The Morgan fingerprint density at radius 1 is 1.41 bits per heavy atom. The third-order valence-electron chi connectivity index (χ3n) is 3.95. The fourth-order valence-corrected chi connectivity index (χ4v) is 3.28. The molecule has 0 saturated heterocycles. The molecule has 0 bridgehead atoms. The Bertz CT molecular complexity index is 603. The lowest BCUT2D eigenvalue weighted by atomic mass is 9.92. The molecule has 3 N–H and O–H groups in total. The molecule has 3 rings (SSSR count). The summed E-state index contributed by atoms with van der Waals surface area (Å²) in [6.07, 6.45) is 4.74. The van der Waals surface area contributed by atoms with Crippen LogP contribution in [0.4, 0.5) is 0 Å². The molecule has 22 heavy (non-hydrogen) atoms. The number of thiophene rings is 1. The van der Waals surface area contributed by atoms with Gasteiger partial charge in [0, 0.05) is 35.9 Å². The van der Waals surface area contributed by atoms with E-state index in [0.29, 0.717) is 30.6 Å². The third-order valence-corrected chi connectivity index (χ3v) is 4.63. The topological polar surface area (TPSA) is 94.0 Å². The van der Waals surface area contributed by atoms with E-state index in [9.17, 15) is 4.79 Å². The third kappa shape index (κ3) is 3.92. The summed E-state index contributed by atoms with van der Waals surface area (Å²) in [5.41, 5.74) is 6.81. The van der Waals surface area contributed by atoms with E-state index >= 15 is 0 Å². The van der Waals surface area contributed by atoms with E-state index in [4.69, 9.17) is 10.3 Å². The van der Waals surface area contributed by atoms with Crippen LogP contribution in [-0.4, -0.2) is 28.1 Å². The van der Waals surface area contributed by atoms with Gasteiger partial charge in [-0.05, 0) is 37.1 Å². The Balaban J connectivity index is 1.45. The molecule has 0 atom stereocenters. The maximum absolute atomic E-state index is 12.0. The van der Waals surface area contributed by atoms with Crippen molar-refractivity contribution in [3.8, 4) is 11.4 Å². The predicted octanol–water partition coefficient (Wildman–Crippen LogP) is 2.12. The molecule has 1 fully saturated rings. The Hall–Kier alpha value is -1.73. The summed E-state index contributed by atoms with van der Waals surface area (Å²) in [4.78, 5) is 16.3. The minimum atomic E-state index is 0.0377. The van der Waals surface area contributed by atoms with Crippen molar-refractivity contribution in [2.24, 2.45) is 5.73 Å². The highest BCUT2D eigenvalue weighted by Crippen LogP contribution is 2.19. The first-order chi connectivity index (χ1) is 10.7. The van der Waals surface area contributed by atoms with E-state index in [-0.39, 0.29) is 11.9 Å². The summed E-state index contributed by atoms with van der Waals surface area (Å²) in [5.74, 6) is 1.12. The van der Waals surface area contributed by atoms with Gasteiger partial charge in [0.25, 0.3) is 0 Å². The minimum absolute atomic E-state index is 0.0377. The molecule has 1 saturated carbocycles. The molecule has 2 aromatic heterocycles. The van der Waals surface area contributed by atoms with Crippen LogP contribution in [0.15, 0.2) is 21.3 Å². The normalized spacial score (nSPS) is 21.7. The number of hydrogen-bond acceptors (Lipinski definition) is 6. The van der Waals surface area contributed by atoms with E-state index < -0.39 is 0 Å². The fourth-order valence-electron chi connectivity index (χ4n) is 2.65. The van der Waals surface area contributed by atoms with Crippen molar-refractivity contribution >= 4 is 17.2 Å². The quantitative estimate of drug-likeness (QED) is 0.880. The van der Waals surface area contributed by atoms with Crippen molar-refractivity contribution in [1.82, 2.24) is 15.5 Å². The smallest absolute Gasteiger partial charge is 0.227 e. The van der Waals surface area contributed by atoms with Gasteiger partial charge in [-0.3, -0.25) is 4.79 Å². The van der Waals surface area contributed by atoms with Crippen LogP contribution in [0.3, 0.4) is 0 Å². The monoisotopic (exact) mass is 320 g/mol. The minimum Gasteiger partial charge on any atom is -0.353 e. The van der Waals surface area contributed by atoms with Gasteiger partial charge in [-0.1, -0.05) is 5.16 Å². The first kappa shape index (κ1) is 15.2. The van der Waals surface area contributed by atoms with Crippen molar-refractivity contribution in [3.63, 3.8) is 0 Å². The van der Waals surface area contributed by atoms with Crippen LogP contribution in [0, 0.1) is 0 Å². The average molecular weight is 320 g/mol. The van der Waals surface area contributed by atoms with E-state index in [1.165, 1.54) is 0 Å². The highest BCUT2D eigenvalue weighted by Gasteiger charge is 2.20. The molecule has 0 spiro atoms. The number of nitrogens with one attached hydrogen (secondary N) is 1. The molecule has 0 radical (unpaired) electrons. The van der Waals surface area contributed by atoms with Crippen LogP contribution in [0.1, 0.15) is 38.0 Å².